The Morgan fingerprint density at radius 3 is 1.31 bits per heavy atom. The molecular formula is C51H86N2O18. The predicted octanol–water partition coefficient (Wildman–Crippen LogP) is 8.64. The minimum atomic E-state index is -1.66. The van der Waals surface area contributed by atoms with Gasteiger partial charge in [-0.1, -0.05) is 44.9 Å². The van der Waals surface area contributed by atoms with Crippen molar-refractivity contribution >= 4 is 36.3 Å². The summed E-state index contributed by atoms with van der Waals surface area (Å²) in [6.45, 7) is 32.4. The van der Waals surface area contributed by atoms with Crippen LogP contribution in [-0.4, -0.2) is 170 Å². The van der Waals surface area contributed by atoms with Crippen LogP contribution >= 0.6 is 0 Å². The van der Waals surface area contributed by atoms with Gasteiger partial charge in [-0.2, -0.15) is 9.80 Å². The number of unbranched alkanes of at least 4 members (excludes halogenated alkanes) is 2. The van der Waals surface area contributed by atoms with Crippen LogP contribution in [0.1, 0.15) is 142 Å². The molecule has 20 heteroatoms. The summed E-state index contributed by atoms with van der Waals surface area (Å²) < 4.78 is 71.0. The maximum Gasteiger partial charge on any atom is 0.420 e. The first-order valence-electron chi connectivity index (χ1n) is 24.7. The molecule has 0 N–H and O–H groups in total. The third kappa shape index (κ3) is 22.1. The zero-order chi connectivity index (χ0) is 53.9. The smallest absolute Gasteiger partial charge is 0.420 e. The number of rotatable bonds is 21. The zero-order valence-electron chi connectivity index (χ0n) is 45.3. The molecule has 2 aliphatic heterocycles. The van der Waals surface area contributed by atoms with Crippen molar-refractivity contribution in [2.24, 2.45) is 0 Å². The summed E-state index contributed by atoms with van der Waals surface area (Å²) in [7, 11) is 0. The standard InChI is InChI=1S/C51H86N2O18/c1-18-21-26-62-38-31-60-29-36(42(54)66-34(6)40(38)64-25-20-3)52(44(56)68-48(8,9)10)46(58)70-50(14,15)23-24-51(16,17)71-47(59)53(45(57)69-49(11,12)13)37-30-61-32-39(63-27-22-19-2)41(65-28-33(4)5)35(7)67-43(37)55/h20,34-41H,3-4,18-19,21-32H2,1-2,5-17H3. The van der Waals surface area contributed by atoms with Crippen molar-refractivity contribution in [2.75, 3.05) is 52.9 Å². The topological polar surface area (TPSA) is 220 Å². The van der Waals surface area contributed by atoms with E-state index in [0.717, 1.165) is 31.3 Å². The molecule has 0 radical (unpaired) electrons. The summed E-state index contributed by atoms with van der Waals surface area (Å²) in [6.07, 6.45) is -4.85. The highest BCUT2D eigenvalue weighted by Gasteiger charge is 2.47. The van der Waals surface area contributed by atoms with Gasteiger partial charge in [-0.3, -0.25) is 0 Å². The van der Waals surface area contributed by atoms with Crippen molar-refractivity contribution < 1.29 is 85.6 Å². The quantitative estimate of drug-likeness (QED) is 0.0454. The monoisotopic (exact) mass is 1010 g/mol. The molecule has 0 bridgehead atoms. The highest BCUT2D eigenvalue weighted by Crippen LogP contribution is 2.30. The van der Waals surface area contributed by atoms with Crippen molar-refractivity contribution in [1.29, 1.82) is 0 Å². The molecular weight excluding hydrogens is 929 g/mol. The van der Waals surface area contributed by atoms with Crippen molar-refractivity contribution in [1.82, 2.24) is 9.80 Å². The predicted molar refractivity (Wildman–Crippen MR) is 261 cm³/mol. The molecule has 0 aromatic carbocycles. The fourth-order valence-electron chi connectivity index (χ4n) is 7.04. The van der Waals surface area contributed by atoms with E-state index in [1.165, 1.54) is 0 Å². The van der Waals surface area contributed by atoms with Gasteiger partial charge in [0.15, 0.2) is 12.1 Å². The number of hydrogen-bond donors (Lipinski definition) is 0. The van der Waals surface area contributed by atoms with Crippen molar-refractivity contribution in [3.63, 3.8) is 0 Å². The SMILES string of the molecule is C=CCOC1C(C)OC(=O)C(N(C(=O)OC(C)(C)C)C(=O)OC(C)(C)CCC(C)(C)OC(=O)N(C(=O)OC(C)(C)C)C2COCC(OCCCC)C(OCC(=C)C)C(C)OC2=O)COCC1OCCCC. The summed E-state index contributed by atoms with van der Waals surface area (Å²) >= 11 is 0. The third-order valence-corrected chi connectivity index (χ3v) is 10.8. The molecule has 0 aromatic rings. The van der Waals surface area contributed by atoms with Crippen molar-refractivity contribution in [3.8, 4) is 0 Å². The Balaban J connectivity index is 2.42. The van der Waals surface area contributed by atoms with Crippen LogP contribution in [0.5, 0.6) is 0 Å². The van der Waals surface area contributed by atoms with Gasteiger partial charge in [0.2, 0.25) is 0 Å². The lowest BCUT2D eigenvalue weighted by Crippen LogP contribution is -2.55. The second-order valence-electron chi connectivity index (χ2n) is 21.2. The maximum absolute atomic E-state index is 14.3. The normalized spacial score (nSPS) is 23.9. The summed E-state index contributed by atoms with van der Waals surface area (Å²) in [4.78, 5) is 85.3. The van der Waals surface area contributed by atoms with E-state index in [-0.39, 0.29) is 39.3 Å². The van der Waals surface area contributed by atoms with E-state index in [1.807, 2.05) is 13.8 Å². The molecule has 4 amide bonds. The van der Waals surface area contributed by atoms with Crippen LogP contribution in [0.15, 0.2) is 24.8 Å². The number of nitrogens with zero attached hydrogens (tertiary/aromatic N) is 2. The molecule has 2 aliphatic rings. The van der Waals surface area contributed by atoms with Crippen LogP contribution in [0, 0.1) is 0 Å². The number of amides is 4. The van der Waals surface area contributed by atoms with Gasteiger partial charge in [0, 0.05) is 13.2 Å². The highest BCUT2D eigenvalue weighted by atomic mass is 16.6. The summed E-state index contributed by atoms with van der Waals surface area (Å²) in [5.74, 6) is -1.97. The van der Waals surface area contributed by atoms with Crippen LogP contribution in [0.25, 0.3) is 0 Å². The average molecular weight is 1020 g/mol. The number of imide groups is 2. The maximum atomic E-state index is 14.3. The Hall–Kier alpha value is -4.34. The molecule has 2 fully saturated rings. The van der Waals surface area contributed by atoms with Gasteiger partial charge in [0.25, 0.3) is 0 Å². The van der Waals surface area contributed by atoms with E-state index in [2.05, 4.69) is 13.2 Å². The van der Waals surface area contributed by atoms with Crippen LogP contribution in [0.3, 0.4) is 0 Å². The van der Waals surface area contributed by atoms with Gasteiger partial charge < -0.3 is 56.8 Å². The molecule has 20 nitrogen and oxygen atoms in total. The molecule has 0 spiro atoms. The Morgan fingerprint density at radius 2 is 0.972 bits per heavy atom. The lowest BCUT2D eigenvalue weighted by atomic mass is 9.94. The molecule has 0 saturated carbocycles. The second-order valence-corrected chi connectivity index (χ2v) is 21.2. The minimum Gasteiger partial charge on any atom is -0.458 e. The highest BCUT2D eigenvalue weighted by molar-refractivity contribution is 5.95. The molecule has 2 saturated heterocycles. The number of ether oxygens (including phenoxy) is 12. The van der Waals surface area contributed by atoms with Gasteiger partial charge in [-0.15, -0.1) is 6.58 Å². The number of hydrogen-bond acceptors (Lipinski definition) is 18. The number of carbonyl (C=O) groups excluding carboxylic acids is 6. The second kappa shape index (κ2) is 28.8. The number of carbonyl (C=O) groups is 6. The summed E-state index contributed by atoms with van der Waals surface area (Å²) in [6, 6.07) is -3.32. The molecule has 2 heterocycles. The minimum absolute atomic E-state index is 0.00749. The number of esters is 2. The summed E-state index contributed by atoms with van der Waals surface area (Å²) in [5.41, 5.74) is -4.30. The first-order valence-corrected chi connectivity index (χ1v) is 24.7. The molecule has 71 heavy (non-hydrogen) atoms. The molecule has 0 aromatic heterocycles. The Morgan fingerprint density at radius 1 is 0.606 bits per heavy atom. The van der Waals surface area contributed by atoms with Crippen LogP contribution < -0.4 is 0 Å². The zero-order valence-corrected chi connectivity index (χ0v) is 45.3. The van der Waals surface area contributed by atoms with E-state index >= 15 is 0 Å². The Labute approximate surface area is 421 Å². The molecule has 8 atom stereocenters. The first-order chi connectivity index (χ1) is 33.0. The van der Waals surface area contributed by atoms with Gasteiger partial charge in [0.05, 0.1) is 39.6 Å². The molecule has 408 valence electrons. The fourth-order valence-corrected chi connectivity index (χ4v) is 7.04. The largest absolute Gasteiger partial charge is 0.458 e. The van der Waals surface area contributed by atoms with Crippen LogP contribution in [0.4, 0.5) is 19.2 Å². The lowest BCUT2D eigenvalue weighted by Gasteiger charge is -2.36. The van der Waals surface area contributed by atoms with Crippen molar-refractivity contribution in [2.45, 2.75) is 213 Å². The van der Waals surface area contributed by atoms with Gasteiger partial charge in [-0.05, 0) is 116 Å². The van der Waals surface area contributed by atoms with E-state index < -0.39 is 121 Å². The van der Waals surface area contributed by atoms with Gasteiger partial charge >= 0.3 is 36.3 Å². The third-order valence-electron chi connectivity index (χ3n) is 10.8. The van der Waals surface area contributed by atoms with Gasteiger partial charge in [-0.25, -0.2) is 28.8 Å². The Bertz CT molecular complexity index is 1750. The molecule has 0 aliphatic carbocycles. The van der Waals surface area contributed by atoms with E-state index in [4.69, 9.17) is 56.8 Å². The van der Waals surface area contributed by atoms with E-state index in [0.29, 0.717) is 23.0 Å². The fraction of sp³-hybridized carbons (Fsp3) is 0.804. The Kier molecular flexibility index (Phi) is 25.4. The van der Waals surface area contributed by atoms with Crippen LogP contribution in [0.2, 0.25) is 0 Å². The van der Waals surface area contributed by atoms with Crippen molar-refractivity contribution in [3.05, 3.63) is 24.8 Å². The number of cyclic esters (lactones) is 2. The molecule has 2 rings (SSSR count). The lowest BCUT2D eigenvalue weighted by molar-refractivity contribution is -0.169. The van der Waals surface area contributed by atoms with E-state index in [9.17, 15) is 28.8 Å². The average Bonchev–Trinajstić information content (AvgIpc) is 3.31. The molecule has 8 unspecified atom stereocenters. The van der Waals surface area contributed by atoms with Crippen LogP contribution in [-0.2, 0) is 66.4 Å². The first kappa shape index (κ1) is 62.8. The van der Waals surface area contributed by atoms with E-state index in [1.54, 1.807) is 96.1 Å². The van der Waals surface area contributed by atoms with Gasteiger partial charge in [0.1, 0.15) is 59.0 Å². The summed E-state index contributed by atoms with van der Waals surface area (Å²) in [5, 5.41) is 0.